The monoisotopic (exact) mass is 471 g/mol. The SMILES string of the molecule is CC(=O)[C@@H](c1ccc(C(C)(F)F)cc1)N1CC[C@@H](OCCCCc2ccc3c(n2)NCCC3)C1. The van der Waals surface area contributed by atoms with E-state index in [0.29, 0.717) is 13.2 Å². The van der Waals surface area contributed by atoms with Crippen molar-refractivity contribution in [1.29, 1.82) is 0 Å². The molecule has 34 heavy (non-hydrogen) atoms. The fourth-order valence-electron chi connectivity index (χ4n) is 4.95. The topological polar surface area (TPSA) is 54.5 Å². The van der Waals surface area contributed by atoms with E-state index in [4.69, 9.17) is 9.72 Å². The molecule has 1 saturated heterocycles. The summed E-state index contributed by atoms with van der Waals surface area (Å²) in [4.78, 5) is 19.3. The van der Waals surface area contributed by atoms with Crippen molar-refractivity contribution in [3.63, 3.8) is 0 Å². The molecule has 1 aromatic heterocycles. The van der Waals surface area contributed by atoms with Crippen LogP contribution in [0.5, 0.6) is 0 Å². The second-order valence-corrected chi connectivity index (χ2v) is 9.60. The summed E-state index contributed by atoms with van der Waals surface area (Å²) in [6.45, 7) is 5.56. The molecular weight excluding hydrogens is 436 g/mol. The van der Waals surface area contributed by atoms with Crippen LogP contribution >= 0.6 is 0 Å². The predicted molar refractivity (Wildman–Crippen MR) is 129 cm³/mol. The van der Waals surface area contributed by atoms with Crippen LogP contribution in [-0.4, -0.2) is 48.0 Å². The van der Waals surface area contributed by atoms with Crippen molar-refractivity contribution in [2.24, 2.45) is 0 Å². The van der Waals surface area contributed by atoms with Crippen LogP contribution in [0.3, 0.4) is 0 Å². The van der Waals surface area contributed by atoms with Gasteiger partial charge in [-0.3, -0.25) is 9.69 Å². The molecule has 2 aromatic rings. The lowest BCUT2D eigenvalue weighted by atomic mass is 9.99. The van der Waals surface area contributed by atoms with E-state index >= 15 is 0 Å². The fraction of sp³-hybridized carbons (Fsp3) is 0.556. The van der Waals surface area contributed by atoms with Crippen LogP contribution in [0.1, 0.15) is 68.0 Å². The van der Waals surface area contributed by atoms with E-state index < -0.39 is 12.0 Å². The molecule has 2 aliphatic heterocycles. The van der Waals surface area contributed by atoms with Crippen molar-refractivity contribution in [2.45, 2.75) is 70.4 Å². The Labute approximate surface area is 200 Å². The van der Waals surface area contributed by atoms with Gasteiger partial charge in [-0.25, -0.2) is 13.8 Å². The number of halogens is 2. The summed E-state index contributed by atoms with van der Waals surface area (Å²) in [6, 6.07) is 10.1. The highest BCUT2D eigenvalue weighted by Crippen LogP contribution is 2.31. The molecule has 0 saturated carbocycles. The van der Waals surface area contributed by atoms with Crippen LogP contribution in [0.2, 0.25) is 0 Å². The number of alkyl halides is 2. The molecule has 0 aliphatic carbocycles. The molecule has 0 amide bonds. The van der Waals surface area contributed by atoms with E-state index in [9.17, 15) is 13.6 Å². The van der Waals surface area contributed by atoms with Crippen molar-refractivity contribution in [1.82, 2.24) is 9.88 Å². The number of ketones is 1. The van der Waals surface area contributed by atoms with Crippen molar-refractivity contribution in [3.8, 4) is 0 Å². The summed E-state index contributed by atoms with van der Waals surface area (Å²) in [6.07, 6.45) is 6.15. The third-order valence-corrected chi connectivity index (χ3v) is 6.79. The van der Waals surface area contributed by atoms with Gasteiger partial charge >= 0.3 is 0 Å². The van der Waals surface area contributed by atoms with E-state index in [-0.39, 0.29) is 17.5 Å². The Morgan fingerprint density at radius 3 is 2.76 bits per heavy atom. The number of unbranched alkanes of at least 4 members (excludes halogenated alkanes) is 1. The Kier molecular flexibility index (Phi) is 7.94. The molecule has 1 N–H and O–H groups in total. The van der Waals surface area contributed by atoms with Gasteiger partial charge in [0.05, 0.1) is 12.1 Å². The number of Topliss-reactive ketones (excluding diaryl/α,β-unsaturated/α-hetero) is 1. The molecule has 0 bridgehead atoms. The van der Waals surface area contributed by atoms with E-state index in [1.165, 1.54) is 24.1 Å². The van der Waals surface area contributed by atoms with E-state index in [0.717, 1.165) is 69.2 Å². The number of pyridine rings is 1. The molecule has 1 fully saturated rings. The zero-order valence-corrected chi connectivity index (χ0v) is 20.2. The number of fused-ring (bicyclic) bond motifs is 1. The number of likely N-dealkylation sites (tertiary alicyclic amines) is 1. The number of carbonyl (C=O) groups is 1. The van der Waals surface area contributed by atoms with Crippen molar-refractivity contribution >= 4 is 11.6 Å². The normalized spacial score (nSPS) is 19.5. The van der Waals surface area contributed by atoms with Gasteiger partial charge in [-0.1, -0.05) is 30.3 Å². The maximum atomic E-state index is 13.5. The van der Waals surface area contributed by atoms with Crippen LogP contribution < -0.4 is 5.32 Å². The summed E-state index contributed by atoms with van der Waals surface area (Å²) < 4.78 is 33.2. The number of nitrogens with one attached hydrogen (secondary N) is 1. The number of aryl methyl sites for hydroxylation is 2. The van der Waals surface area contributed by atoms with Crippen molar-refractivity contribution < 1.29 is 18.3 Å². The lowest BCUT2D eigenvalue weighted by Crippen LogP contribution is -2.32. The molecule has 7 heteroatoms. The van der Waals surface area contributed by atoms with Gasteiger partial charge in [-0.05, 0) is 62.6 Å². The van der Waals surface area contributed by atoms with E-state index in [1.807, 2.05) is 0 Å². The summed E-state index contributed by atoms with van der Waals surface area (Å²) in [5.74, 6) is -1.82. The van der Waals surface area contributed by atoms with Gasteiger partial charge < -0.3 is 10.1 Å². The second kappa shape index (κ2) is 10.9. The highest BCUT2D eigenvalue weighted by molar-refractivity contribution is 5.83. The van der Waals surface area contributed by atoms with Gasteiger partial charge in [-0.15, -0.1) is 0 Å². The highest BCUT2D eigenvalue weighted by atomic mass is 19.3. The molecule has 2 atom stereocenters. The summed E-state index contributed by atoms with van der Waals surface area (Å²) >= 11 is 0. The molecular formula is C27H35F2N3O2. The highest BCUT2D eigenvalue weighted by Gasteiger charge is 2.33. The number of rotatable bonds is 10. The van der Waals surface area contributed by atoms with Crippen LogP contribution in [0.15, 0.2) is 36.4 Å². The zero-order valence-electron chi connectivity index (χ0n) is 20.2. The van der Waals surface area contributed by atoms with Gasteiger partial charge in [-0.2, -0.15) is 0 Å². The number of hydrogen-bond donors (Lipinski definition) is 1. The smallest absolute Gasteiger partial charge is 0.270 e. The van der Waals surface area contributed by atoms with Crippen LogP contribution in [0.25, 0.3) is 0 Å². The first-order valence-electron chi connectivity index (χ1n) is 12.4. The minimum atomic E-state index is -2.89. The third kappa shape index (κ3) is 6.19. The van der Waals surface area contributed by atoms with Crippen LogP contribution in [-0.2, 0) is 28.3 Å². The average molecular weight is 472 g/mol. The summed E-state index contributed by atoms with van der Waals surface area (Å²) in [5, 5.41) is 3.39. The first-order valence-corrected chi connectivity index (χ1v) is 12.4. The van der Waals surface area contributed by atoms with Crippen LogP contribution in [0, 0.1) is 0 Å². The molecule has 3 heterocycles. The zero-order chi connectivity index (χ0) is 24.1. The number of carbonyl (C=O) groups excluding carboxylic acids is 1. The molecule has 1 aromatic carbocycles. The first-order chi connectivity index (χ1) is 16.3. The van der Waals surface area contributed by atoms with Gasteiger partial charge in [0, 0.05) is 44.4 Å². The molecule has 4 rings (SSSR count). The number of ether oxygens (including phenoxy) is 1. The van der Waals surface area contributed by atoms with Gasteiger partial charge in [0.2, 0.25) is 0 Å². The Balaban J connectivity index is 1.22. The van der Waals surface area contributed by atoms with Crippen molar-refractivity contribution in [2.75, 3.05) is 31.6 Å². The largest absolute Gasteiger partial charge is 0.377 e. The molecule has 0 spiro atoms. The summed E-state index contributed by atoms with van der Waals surface area (Å²) in [7, 11) is 0. The second-order valence-electron chi connectivity index (χ2n) is 9.60. The van der Waals surface area contributed by atoms with Gasteiger partial charge in [0.15, 0.2) is 5.78 Å². The summed E-state index contributed by atoms with van der Waals surface area (Å²) in [5.41, 5.74) is 3.15. The maximum Gasteiger partial charge on any atom is 0.270 e. The minimum absolute atomic E-state index is 0.0173. The number of benzene rings is 1. The van der Waals surface area contributed by atoms with Crippen LogP contribution in [0.4, 0.5) is 14.6 Å². The maximum absolute atomic E-state index is 13.5. The molecule has 0 radical (unpaired) electrons. The first kappa shape index (κ1) is 24.7. The molecule has 2 aliphatic rings. The lowest BCUT2D eigenvalue weighted by Gasteiger charge is -2.26. The van der Waals surface area contributed by atoms with E-state index in [2.05, 4.69) is 22.3 Å². The minimum Gasteiger partial charge on any atom is -0.377 e. The van der Waals surface area contributed by atoms with Gasteiger partial charge in [0.1, 0.15) is 5.82 Å². The standard InChI is InChI=1S/C27H35F2N3O2/c1-19(33)25(20-8-11-22(12-9-20)27(2,28)29)32-16-14-24(18-32)34-17-4-3-7-23-13-10-21-6-5-15-30-26(21)31-23/h8-13,24-25H,3-7,14-18H2,1-2H3,(H,30,31)/t24-,25+/m1/s1. The number of aromatic nitrogens is 1. The Morgan fingerprint density at radius 1 is 1.24 bits per heavy atom. The predicted octanol–water partition coefficient (Wildman–Crippen LogP) is 5.30. The van der Waals surface area contributed by atoms with E-state index in [1.54, 1.807) is 19.1 Å². The third-order valence-electron chi connectivity index (χ3n) is 6.79. The Hall–Kier alpha value is -2.38. The molecule has 5 nitrogen and oxygen atoms in total. The molecule has 184 valence electrons. The van der Waals surface area contributed by atoms with Gasteiger partial charge in [0.25, 0.3) is 5.92 Å². The fourth-order valence-corrected chi connectivity index (χ4v) is 4.95. The van der Waals surface area contributed by atoms with Crippen molar-refractivity contribution in [3.05, 3.63) is 58.8 Å². The lowest BCUT2D eigenvalue weighted by molar-refractivity contribution is -0.122. The quantitative estimate of drug-likeness (QED) is 0.477. The Bertz CT molecular complexity index is 975. The number of nitrogens with zero attached hydrogens (tertiary/aromatic N) is 2. The average Bonchev–Trinajstić information content (AvgIpc) is 3.26. The number of anilines is 1. The Morgan fingerprint density at radius 2 is 2.03 bits per heavy atom. The molecule has 0 unspecified atom stereocenters. The number of hydrogen-bond acceptors (Lipinski definition) is 5.